The van der Waals surface area contributed by atoms with Crippen molar-refractivity contribution >= 4 is 22.5 Å². The monoisotopic (exact) mass is 384 g/mol. The smallest absolute Gasteiger partial charge is 0.228 e. The third-order valence-corrected chi connectivity index (χ3v) is 5.29. The lowest BCUT2D eigenvalue weighted by Crippen LogP contribution is -2.35. The first-order valence-electron chi connectivity index (χ1n) is 12.3. The van der Waals surface area contributed by atoms with Crippen LogP contribution in [0.5, 0.6) is 0 Å². The number of hydrogen-bond donors (Lipinski definition) is 1. The molecule has 1 aliphatic rings. The molecule has 0 unspecified atom stereocenters. The van der Waals surface area contributed by atoms with Crippen LogP contribution in [-0.2, 0) is 11.8 Å². The maximum atomic E-state index is 12.9. The van der Waals surface area contributed by atoms with E-state index in [0.29, 0.717) is 36.4 Å². The second-order valence-electron chi connectivity index (χ2n) is 7.25. The molecule has 0 radical (unpaired) electrons. The molecule has 1 N–H and O–H groups in total. The summed E-state index contributed by atoms with van der Waals surface area (Å²) in [7, 11) is 1.83. The van der Waals surface area contributed by atoms with Gasteiger partial charge in [-0.2, -0.15) is 5.10 Å². The molecule has 1 fully saturated rings. The van der Waals surface area contributed by atoms with Gasteiger partial charge in [0.2, 0.25) is 5.91 Å². The van der Waals surface area contributed by atoms with Gasteiger partial charge < -0.3 is 10.2 Å². The van der Waals surface area contributed by atoms with Gasteiger partial charge in [-0.15, -0.1) is 0 Å². The Labute approximate surface area is 173 Å². The fourth-order valence-electron chi connectivity index (χ4n) is 3.64. The summed E-state index contributed by atoms with van der Waals surface area (Å²) in [6.07, 6.45) is 8.41. The van der Waals surface area contributed by atoms with Crippen molar-refractivity contribution in [2.24, 2.45) is 13.0 Å². The number of fused-ring (bicyclic) bond motifs is 1. The number of rotatable bonds is 4. The molecular weight excluding hydrogens is 352 g/mol. The highest BCUT2D eigenvalue weighted by Gasteiger charge is 2.27. The molecule has 1 amide bonds. The Morgan fingerprint density at radius 2 is 1.93 bits per heavy atom. The van der Waals surface area contributed by atoms with E-state index in [2.05, 4.69) is 20.4 Å². The van der Waals surface area contributed by atoms with Crippen molar-refractivity contribution in [2.45, 2.75) is 31.7 Å². The van der Waals surface area contributed by atoms with Gasteiger partial charge in [0.25, 0.3) is 0 Å². The topological polar surface area (TPSA) is 75.9 Å². The fraction of sp³-hybridized carbons (Fsp3) is 0.429. The Hall–Kier alpha value is -2.80. The van der Waals surface area contributed by atoms with E-state index in [1.807, 2.05) is 19.3 Å². The molecule has 0 spiro atoms. The third-order valence-electron chi connectivity index (χ3n) is 5.29. The van der Waals surface area contributed by atoms with Gasteiger partial charge in [0.15, 0.2) is 0 Å². The van der Waals surface area contributed by atoms with Crippen LogP contribution >= 0.6 is 0 Å². The molecule has 7 heteroatoms. The molecule has 0 bridgehead atoms. The highest BCUT2D eigenvalue weighted by atomic mass is 16.1. The van der Waals surface area contributed by atoms with Crippen molar-refractivity contribution in [3.8, 4) is 11.3 Å². The summed E-state index contributed by atoms with van der Waals surface area (Å²) >= 11 is 0. The number of aryl methyl sites for hydroxylation is 1. The van der Waals surface area contributed by atoms with Crippen molar-refractivity contribution in [3.63, 3.8) is 0 Å². The van der Waals surface area contributed by atoms with Crippen LogP contribution in [-0.4, -0.2) is 50.5 Å². The lowest BCUT2D eigenvalue weighted by molar-refractivity contribution is -0.121. The van der Waals surface area contributed by atoms with Crippen LogP contribution in [0.25, 0.3) is 22.0 Å². The lowest BCUT2D eigenvalue weighted by Gasteiger charge is -2.31. The van der Waals surface area contributed by atoms with Gasteiger partial charge in [-0.25, -0.2) is 4.98 Å². The first-order valence-corrected chi connectivity index (χ1v) is 9.27. The quantitative estimate of drug-likeness (QED) is 0.748. The number of pyridine rings is 2. The normalized spacial score (nSPS) is 23.9. The summed E-state index contributed by atoms with van der Waals surface area (Å²) in [6.45, 7) is -5.44. The second-order valence-corrected chi connectivity index (χ2v) is 7.25. The Morgan fingerprint density at radius 1 is 1.14 bits per heavy atom. The number of hydrogen-bond acceptors (Lipinski definition) is 5. The predicted octanol–water partition coefficient (Wildman–Crippen LogP) is 3.09. The Balaban J connectivity index is 1.43. The van der Waals surface area contributed by atoms with E-state index < -0.39 is 20.0 Å². The SMILES string of the molecule is [2H]C([2H])([2H])N(C1CCC(C(=O)Nc2cc3cc(-c4cnn(C)c4)ncc3cn2)CC1)C([2H])([2H])[2H]. The van der Waals surface area contributed by atoms with Crippen LogP contribution < -0.4 is 5.32 Å². The maximum absolute atomic E-state index is 12.9. The van der Waals surface area contributed by atoms with Crippen molar-refractivity contribution in [2.75, 3.05) is 19.3 Å². The average Bonchev–Trinajstić information content (AvgIpc) is 3.18. The molecule has 0 aliphatic heterocycles. The van der Waals surface area contributed by atoms with Gasteiger partial charge in [0.05, 0.1) is 11.9 Å². The summed E-state index contributed by atoms with van der Waals surface area (Å²) < 4.78 is 47.3. The minimum Gasteiger partial charge on any atom is -0.310 e. The Bertz CT molecular complexity index is 1170. The number of carbonyl (C=O) groups is 1. The van der Waals surface area contributed by atoms with Gasteiger partial charge in [0.1, 0.15) is 5.82 Å². The second kappa shape index (κ2) is 7.67. The van der Waals surface area contributed by atoms with E-state index >= 15 is 0 Å². The number of carbonyl (C=O) groups excluding carboxylic acids is 1. The first kappa shape index (κ1) is 12.6. The molecule has 146 valence electrons. The molecule has 3 heterocycles. The molecule has 1 aliphatic carbocycles. The fourth-order valence-corrected chi connectivity index (χ4v) is 3.64. The lowest BCUT2D eigenvalue weighted by atomic mass is 9.85. The van der Waals surface area contributed by atoms with Gasteiger partial charge in [-0.3, -0.25) is 14.5 Å². The summed E-state index contributed by atoms with van der Waals surface area (Å²) in [5, 5.41) is 8.72. The van der Waals surface area contributed by atoms with Crippen LogP contribution in [0.2, 0.25) is 0 Å². The van der Waals surface area contributed by atoms with Crippen LogP contribution in [0.3, 0.4) is 0 Å². The van der Waals surface area contributed by atoms with Crippen molar-refractivity contribution in [3.05, 3.63) is 36.9 Å². The van der Waals surface area contributed by atoms with Crippen LogP contribution in [0.4, 0.5) is 5.82 Å². The molecule has 0 aromatic carbocycles. The minimum atomic E-state index is -2.72. The molecule has 1 saturated carbocycles. The Kier molecular flexibility index (Phi) is 3.46. The van der Waals surface area contributed by atoms with Gasteiger partial charge in [-0.1, -0.05) is 0 Å². The van der Waals surface area contributed by atoms with Crippen LogP contribution in [0, 0.1) is 5.92 Å². The average molecular weight is 385 g/mol. The van der Waals surface area contributed by atoms with Crippen LogP contribution in [0.15, 0.2) is 36.9 Å². The standard InChI is InChI=1S/C21H26N6O/c1-26(2)18-6-4-14(5-7-18)21(28)25-20-9-15-8-19(17-12-24-27(3)13-17)22-10-16(15)11-23-20/h8-14,18H,4-7H2,1-3H3,(H,23,25,28)/i1D3,2D3. The molecule has 3 aromatic heterocycles. The van der Waals surface area contributed by atoms with Crippen molar-refractivity contribution in [1.29, 1.82) is 0 Å². The molecule has 0 atom stereocenters. The number of nitrogens with zero attached hydrogens (tertiary/aromatic N) is 5. The Morgan fingerprint density at radius 3 is 2.64 bits per heavy atom. The van der Waals surface area contributed by atoms with Crippen molar-refractivity contribution < 1.29 is 13.0 Å². The molecule has 7 nitrogen and oxygen atoms in total. The summed E-state index contributed by atoms with van der Waals surface area (Å²) in [5.41, 5.74) is 1.64. The van der Waals surface area contributed by atoms with Crippen LogP contribution in [0.1, 0.15) is 33.9 Å². The molecule has 3 aromatic rings. The highest BCUT2D eigenvalue weighted by Crippen LogP contribution is 2.28. The minimum absolute atomic E-state index is 0.207. The third kappa shape index (κ3) is 3.89. The van der Waals surface area contributed by atoms with E-state index in [9.17, 15) is 4.79 Å². The molecule has 28 heavy (non-hydrogen) atoms. The number of anilines is 1. The summed E-state index contributed by atoms with van der Waals surface area (Å²) in [5.74, 6) is -0.136. The number of amides is 1. The zero-order chi connectivity index (χ0) is 24.7. The maximum Gasteiger partial charge on any atom is 0.228 e. The molecular formula is C21H26N6O. The molecule has 4 rings (SSSR count). The zero-order valence-corrected chi connectivity index (χ0v) is 15.6. The van der Waals surface area contributed by atoms with Gasteiger partial charge in [0, 0.05) is 56.8 Å². The highest BCUT2D eigenvalue weighted by molar-refractivity contribution is 5.94. The van der Waals surface area contributed by atoms with E-state index in [4.69, 9.17) is 8.22 Å². The number of aromatic nitrogens is 4. The van der Waals surface area contributed by atoms with E-state index in [-0.39, 0.29) is 11.8 Å². The summed E-state index contributed by atoms with van der Waals surface area (Å²) in [6, 6.07) is 3.07. The molecule has 0 saturated heterocycles. The summed E-state index contributed by atoms with van der Waals surface area (Å²) in [4.78, 5) is 22.2. The van der Waals surface area contributed by atoms with E-state index in [1.165, 1.54) is 0 Å². The van der Waals surface area contributed by atoms with E-state index in [1.54, 1.807) is 29.3 Å². The number of nitrogens with one attached hydrogen (secondary N) is 1. The first-order chi connectivity index (χ1) is 15.9. The van der Waals surface area contributed by atoms with E-state index in [0.717, 1.165) is 22.0 Å². The van der Waals surface area contributed by atoms with Crippen molar-refractivity contribution in [1.82, 2.24) is 24.6 Å². The van der Waals surface area contributed by atoms with Gasteiger partial charge in [-0.05, 0) is 57.2 Å². The largest absolute Gasteiger partial charge is 0.310 e. The predicted molar refractivity (Wildman–Crippen MR) is 110 cm³/mol. The zero-order valence-electron chi connectivity index (χ0n) is 21.6. The van der Waals surface area contributed by atoms with Gasteiger partial charge >= 0.3 is 0 Å².